The zero-order valence-electron chi connectivity index (χ0n) is 7.70. The summed E-state index contributed by atoms with van der Waals surface area (Å²) in [5.41, 5.74) is 0. The second-order valence-electron chi connectivity index (χ2n) is 2.96. The van der Waals surface area contributed by atoms with Gasteiger partial charge in [0, 0.05) is 12.7 Å². The summed E-state index contributed by atoms with van der Waals surface area (Å²) in [5, 5.41) is 8.37. The Balaban J connectivity index is 2.87. The van der Waals surface area contributed by atoms with Gasteiger partial charge in [-0.2, -0.15) is 18.3 Å². The molecule has 0 amide bonds. The van der Waals surface area contributed by atoms with Crippen molar-refractivity contribution in [1.29, 1.82) is 0 Å². The van der Waals surface area contributed by atoms with E-state index in [0.29, 0.717) is 0 Å². The SMILES string of the molecule is NS(=O)(=O)c1cn(CCC(F)(F)F)nc1Br. The largest absolute Gasteiger partial charge is 0.390 e. The van der Waals surface area contributed by atoms with Gasteiger partial charge in [-0.15, -0.1) is 0 Å². The molecule has 0 bridgehead atoms. The van der Waals surface area contributed by atoms with Crippen LogP contribution < -0.4 is 5.14 Å². The monoisotopic (exact) mass is 321 g/mol. The second-order valence-corrected chi connectivity index (χ2v) is 5.24. The van der Waals surface area contributed by atoms with Crippen molar-refractivity contribution in [1.82, 2.24) is 9.78 Å². The fourth-order valence-corrected chi connectivity index (χ4v) is 2.45. The van der Waals surface area contributed by atoms with Crippen molar-refractivity contribution in [2.45, 2.75) is 24.0 Å². The number of rotatable bonds is 3. The van der Waals surface area contributed by atoms with Gasteiger partial charge in [-0.1, -0.05) is 0 Å². The fraction of sp³-hybridized carbons (Fsp3) is 0.500. The van der Waals surface area contributed by atoms with Gasteiger partial charge < -0.3 is 0 Å². The first-order valence-electron chi connectivity index (χ1n) is 3.92. The second kappa shape index (κ2) is 4.34. The van der Waals surface area contributed by atoms with E-state index in [1.807, 2.05) is 0 Å². The molecule has 0 saturated carbocycles. The van der Waals surface area contributed by atoms with Gasteiger partial charge in [0.2, 0.25) is 10.0 Å². The van der Waals surface area contributed by atoms with Gasteiger partial charge in [0.1, 0.15) is 9.50 Å². The zero-order valence-corrected chi connectivity index (χ0v) is 10.1. The van der Waals surface area contributed by atoms with Crippen molar-refractivity contribution in [3.05, 3.63) is 10.8 Å². The lowest BCUT2D eigenvalue weighted by Gasteiger charge is -2.05. The van der Waals surface area contributed by atoms with Crippen molar-refractivity contribution in [3.63, 3.8) is 0 Å². The Morgan fingerprint density at radius 2 is 2.06 bits per heavy atom. The molecule has 1 rings (SSSR count). The van der Waals surface area contributed by atoms with E-state index >= 15 is 0 Å². The van der Waals surface area contributed by atoms with Crippen LogP contribution in [0.1, 0.15) is 6.42 Å². The molecule has 0 aromatic carbocycles. The Labute approximate surface area is 97.6 Å². The molecule has 0 aliphatic carbocycles. The van der Waals surface area contributed by atoms with E-state index in [0.717, 1.165) is 10.9 Å². The van der Waals surface area contributed by atoms with Crippen LogP contribution in [0.2, 0.25) is 0 Å². The van der Waals surface area contributed by atoms with Crippen LogP contribution in [0.15, 0.2) is 15.7 Å². The molecule has 0 aliphatic rings. The number of nitrogens with zero attached hydrogens (tertiary/aromatic N) is 2. The summed E-state index contributed by atoms with van der Waals surface area (Å²) >= 11 is 2.80. The maximum absolute atomic E-state index is 11.9. The normalized spacial score (nSPS) is 13.1. The Hall–Kier alpha value is -0.610. The van der Waals surface area contributed by atoms with E-state index in [4.69, 9.17) is 5.14 Å². The van der Waals surface area contributed by atoms with Crippen molar-refractivity contribution in [3.8, 4) is 0 Å². The van der Waals surface area contributed by atoms with Crippen LogP contribution in [-0.2, 0) is 16.6 Å². The number of hydrogen-bond donors (Lipinski definition) is 1. The first-order valence-corrected chi connectivity index (χ1v) is 6.26. The predicted octanol–water partition coefficient (Wildman–Crippen LogP) is 1.25. The third-order valence-electron chi connectivity index (χ3n) is 1.62. The van der Waals surface area contributed by atoms with Crippen molar-refractivity contribution < 1.29 is 21.6 Å². The van der Waals surface area contributed by atoms with Crippen LogP contribution in [0, 0.1) is 0 Å². The molecule has 0 fully saturated rings. The summed E-state index contributed by atoms with van der Waals surface area (Å²) in [7, 11) is -3.98. The number of halogens is 4. The number of sulfonamides is 1. The minimum absolute atomic E-state index is 0.0998. The van der Waals surface area contributed by atoms with Crippen LogP contribution in [-0.4, -0.2) is 24.4 Å². The van der Waals surface area contributed by atoms with Crippen LogP contribution in [0.5, 0.6) is 0 Å². The van der Waals surface area contributed by atoms with Gasteiger partial charge >= 0.3 is 6.18 Å². The number of aromatic nitrogens is 2. The van der Waals surface area contributed by atoms with Gasteiger partial charge in [0.25, 0.3) is 0 Å². The summed E-state index contributed by atoms with van der Waals surface area (Å²) in [5.74, 6) is 0. The molecule has 2 N–H and O–H groups in total. The third-order valence-corrected chi connectivity index (χ3v) is 3.38. The molecule has 1 heterocycles. The highest BCUT2D eigenvalue weighted by Crippen LogP contribution is 2.22. The number of alkyl halides is 3. The summed E-state index contributed by atoms with van der Waals surface area (Å²) in [6.45, 7) is -0.461. The van der Waals surface area contributed by atoms with E-state index in [1.54, 1.807) is 0 Å². The lowest BCUT2D eigenvalue weighted by atomic mass is 10.4. The summed E-state index contributed by atoms with van der Waals surface area (Å²) in [6.07, 6.45) is -4.46. The molecule has 0 spiro atoms. The molecular weight excluding hydrogens is 315 g/mol. The number of aryl methyl sites for hydroxylation is 1. The average molecular weight is 322 g/mol. The maximum Gasteiger partial charge on any atom is 0.390 e. The van der Waals surface area contributed by atoms with E-state index in [9.17, 15) is 21.6 Å². The molecule has 0 atom stereocenters. The highest BCUT2D eigenvalue weighted by molar-refractivity contribution is 9.10. The van der Waals surface area contributed by atoms with Crippen LogP contribution >= 0.6 is 15.9 Å². The highest BCUT2D eigenvalue weighted by Gasteiger charge is 2.27. The summed E-state index contributed by atoms with van der Waals surface area (Å²) in [6, 6.07) is 0. The van der Waals surface area contributed by atoms with E-state index < -0.39 is 29.2 Å². The Bertz CT molecular complexity index is 482. The molecule has 10 heteroatoms. The van der Waals surface area contributed by atoms with Gasteiger partial charge in [-0.25, -0.2) is 13.6 Å². The van der Waals surface area contributed by atoms with Gasteiger partial charge in [-0.3, -0.25) is 4.68 Å². The molecule has 1 aromatic heterocycles. The van der Waals surface area contributed by atoms with Crippen LogP contribution in [0.25, 0.3) is 0 Å². The minimum Gasteiger partial charge on any atom is -0.270 e. The quantitative estimate of drug-likeness (QED) is 0.910. The Kier molecular flexibility index (Phi) is 3.65. The molecule has 0 radical (unpaired) electrons. The fourth-order valence-electron chi connectivity index (χ4n) is 0.926. The van der Waals surface area contributed by atoms with Crippen molar-refractivity contribution >= 4 is 26.0 Å². The Morgan fingerprint density at radius 1 is 1.50 bits per heavy atom. The molecule has 16 heavy (non-hydrogen) atoms. The number of hydrogen-bond acceptors (Lipinski definition) is 3. The highest BCUT2D eigenvalue weighted by atomic mass is 79.9. The van der Waals surface area contributed by atoms with Crippen LogP contribution in [0.3, 0.4) is 0 Å². The lowest BCUT2D eigenvalue weighted by Crippen LogP contribution is -2.13. The molecule has 1 aromatic rings. The number of nitrogens with two attached hydrogens (primary N) is 1. The maximum atomic E-state index is 11.9. The molecule has 5 nitrogen and oxygen atoms in total. The van der Waals surface area contributed by atoms with E-state index in [1.165, 1.54) is 0 Å². The molecule has 0 saturated heterocycles. The first kappa shape index (κ1) is 13.5. The van der Waals surface area contributed by atoms with Crippen molar-refractivity contribution in [2.24, 2.45) is 5.14 Å². The smallest absolute Gasteiger partial charge is 0.270 e. The van der Waals surface area contributed by atoms with Gasteiger partial charge in [-0.05, 0) is 15.9 Å². The predicted molar refractivity (Wildman–Crippen MR) is 52.0 cm³/mol. The third kappa shape index (κ3) is 3.76. The van der Waals surface area contributed by atoms with E-state index in [2.05, 4.69) is 21.0 Å². The summed E-state index contributed by atoms with van der Waals surface area (Å²) in [4.78, 5) is -0.338. The molecular formula is C6H7BrF3N3O2S. The topological polar surface area (TPSA) is 78.0 Å². The summed E-state index contributed by atoms with van der Waals surface area (Å²) < 4.78 is 58.3. The molecule has 0 unspecified atom stereocenters. The van der Waals surface area contributed by atoms with Crippen molar-refractivity contribution in [2.75, 3.05) is 0 Å². The molecule has 0 aliphatic heterocycles. The standard InChI is InChI=1S/C6H7BrF3N3O2S/c7-5-4(16(11,14)15)3-13(12-5)2-1-6(8,9)10/h3H,1-2H2,(H2,11,14,15). The minimum atomic E-state index is -4.32. The first-order chi connectivity index (χ1) is 7.09. The van der Waals surface area contributed by atoms with E-state index in [-0.39, 0.29) is 9.50 Å². The molecule has 92 valence electrons. The lowest BCUT2D eigenvalue weighted by molar-refractivity contribution is -0.137. The average Bonchev–Trinajstić information content (AvgIpc) is 2.41. The van der Waals surface area contributed by atoms with Gasteiger partial charge in [0.15, 0.2) is 0 Å². The number of primary sulfonamides is 1. The van der Waals surface area contributed by atoms with Crippen LogP contribution in [0.4, 0.5) is 13.2 Å². The zero-order chi connectivity index (χ0) is 12.6. The van der Waals surface area contributed by atoms with Gasteiger partial charge in [0.05, 0.1) is 6.42 Å². The Morgan fingerprint density at radius 3 is 2.44 bits per heavy atom.